The van der Waals surface area contributed by atoms with E-state index in [2.05, 4.69) is 74.3 Å². The molecule has 13 heteroatoms. The van der Waals surface area contributed by atoms with Crippen molar-refractivity contribution >= 4 is 44.7 Å². The van der Waals surface area contributed by atoms with E-state index in [4.69, 9.17) is 23.6 Å². The molecule has 0 radical (unpaired) electrons. The van der Waals surface area contributed by atoms with Crippen LogP contribution in [0.5, 0.6) is 0 Å². The van der Waals surface area contributed by atoms with E-state index in [-0.39, 0.29) is 40.9 Å². The van der Waals surface area contributed by atoms with E-state index < -0.39 is 44.7 Å². The highest BCUT2D eigenvalue weighted by Crippen LogP contribution is 2.41. The number of carbonyl (C=O) groups excluding carboxylic acids is 1. The molecular formula is C37H60FN3O6SSi2. The van der Waals surface area contributed by atoms with Crippen LogP contribution in [0.4, 0.5) is 10.3 Å². The first-order chi connectivity index (χ1) is 22.7. The Bertz CT molecular complexity index is 1620. The van der Waals surface area contributed by atoms with Gasteiger partial charge >= 0.3 is 5.97 Å². The van der Waals surface area contributed by atoms with Crippen molar-refractivity contribution < 1.29 is 31.2 Å². The van der Waals surface area contributed by atoms with Gasteiger partial charge in [-0.25, -0.2) is 27.1 Å². The lowest BCUT2D eigenvalue weighted by Crippen LogP contribution is -2.47. The van der Waals surface area contributed by atoms with Gasteiger partial charge in [-0.3, -0.25) is 4.79 Å². The number of nitrogens with zero attached hydrogens (tertiary/aromatic N) is 3. The Balaban J connectivity index is 2.84. The van der Waals surface area contributed by atoms with Crippen LogP contribution in [0.2, 0.25) is 36.3 Å². The number of hydrogen-bond acceptors (Lipinski definition) is 8. The van der Waals surface area contributed by atoms with Gasteiger partial charge in [-0.15, -0.1) is 0 Å². The molecule has 1 heterocycles. The first kappa shape index (κ1) is 43.4. The quantitative estimate of drug-likeness (QED) is 0.0951. The second kappa shape index (κ2) is 16.7. The van der Waals surface area contributed by atoms with Gasteiger partial charge in [0.2, 0.25) is 16.0 Å². The molecule has 2 rings (SSSR count). The van der Waals surface area contributed by atoms with Crippen LogP contribution in [-0.4, -0.2) is 73.1 Å². The van der Waals surface area contributed by atoms with Crippen molar-refractivity contribution in [3.63, 3.8) is 0 Å². The fraction of sp³-hybridized carbons (Fsp3) is 0.595. The molecule has 0 aliphatic heterocycles. The van der Waals surface area contributed by atoms with E-state index >= 15 is 0 Å². The Morgan fingerprint density at radius 2 is 1.52 bits per heavy atom. The second-order valence-electron chi connectivity index (χ2n) is 16.3. The largest absolute Gasteiger partial charge is 0.461 e. The summed E-state index contributed by atoms with van der Waals surface area (Å²) in [4.78, 5) is 22.4. The zero-order chi connectivity index (χ0) is 38.5. The Morgan fingerprint density at radius 3 is 2.00 bits per heavy atom. The number of anilines is 1. The predicted octanol–water partition coefficient (Wildman–Crippen LogP) is 9.11. The van der Waals surface area contributed by atoms with Crippen molar-refractivity contribution in [3.8, 4) is 11.3 Å². The molecule has 0 spiro atoms. The van der Waals surface area contributed by atoms with Crippen molar-refractivity contribution in [2.45, 2.75) is 123 Å². The van der Waals surface area contributed by atoms with Crippen LogP contribution in [-0.2, 0) is 28.4 Å². The molecule has 1 aromatic heterocycles. The number of halogens is 1. The molecule has 1 aromatic carbocycles. The molecule has 2 atom stereocenters. The number of rotatable bonds is 16. The molecule has 9 nitrogen and oxygen atoms in total. The number of sulfonamides is 1. The maximum Gasteiger partial charge on any atom is 0.308 e. The average molecular weight is 750 g/mol. The monoisotopic (exact) mass is 749 g/mol. The van der Waals surface area contributed by atoms with Crippen LogP contribution in [0.1, 0.15) is 85.4 Å². The van der Waals surface area contributed by atoms with E-state index in [1.165, 1.54) is 19.2 Å². The lowest BCUT2D eigenvalue weighted by Gasteiger charge is -2.42. The van der Waals surface area contributed by atoms with E-state index in [1.54, 1.807) is 18.2 Å². The molecule has 0 unspecified atom stereocenters. The second-order valence-corrected chi connectivity index (χ2v) is 27.8. The van der Waals surface area contributed by atoms with Gasteiger partial charge in [-0.05, 0) is 66.4 Å². The summed E-state index contributed by atoms with van der Waals surface area (Å²) >= 11 is 0. The Kier molecular flexibility index (Phi) is 14.6. The Morgan fingerprint density at radius 1 is 0.980 bits per heavy atom. The molecular weight excluding hydrogens is 690 g/mol. The summed E-state index contributed by atoms with van der Waals surface area (Å²) in [5.74, 6) is -0.886. The molecule has 0 saturated heterocycles. The van der Waals surface area contributed by atoms with Crippen LogP contribution >= 0.6 is 0 Å². The summed E-state index contributed by atoms with van der Waals surface area (Å²) in [6.07, 6.45) is 5.99. The van der Waals surface area contributed by atoms with Crippen LogP contribution in [0, 0.1) is 5.82 Å². The van der Waals surface area contributed by atoms with Crippen molar-refractivity contribution in [1.29, 1.82) is 0 Å². The minimum Gasteiger partial charge on any atom is -0.461 e. The smallest absolute Gasteiger partial charge is 0.308 e. The Labute approximate surface area is 303 Å². The number of ether oxygens (including phenoxy) is 1. The molecule has 0 fully saturated rings. The van der Waals surface area contributed by atoms with Crippen LogP contribution in [0.25, 0.3) is 17.3 Å². The van der Waals surface area contributed by atoms with Crippen molar-refractivity contribution in [2.24, 2.45) is 0 Å². The van der Waals surface area contributed by atoms with Crippen LogP contribution in [0.3, 0.4) is 0 Å². The first-order valence-corrected chi connectivity index (χ1v) is 24.8. The van der Waals surface area contributed by atoms with Gasteiger partial charge in [-0.2, -0.15) is 0 Å². The summed E-state index contributed by atoms with van der Waals surface area (Å²) in [5, 5.41) is -0.211. The molecule has 0 aliphatic carbocycles. The summed E-state index contributed by atoms with van der Waals surface area (Å²) in [5.41, 5.74) is 2.34. The van der Waals surface area contributed by atoms with Gasteiger partial charge in [0.05, 0.1) is 36.3 Å². The minimum atomic E-state index is -3.67. The Hall–Kier alpha value is -2.72. The summed E-state index contributed by atoms with van der Waals surface area (Å²) in [6.45, 7) is 29.4. The van der Waals surface area contributed by atoms with Crippen LogP contribution < -0.4 is 4.31 Å². The zero-order valence-corrected chi connectivity index (χ0v) is 35.5. The fourth-order valence-corrected chi connectivity index (χ4v) is 7.57. The third-order valence-corrected chi connectivity index (χ3v) is 19.9. The van der Waals surface area contributed by atoms with Crippen molar-refractivity contribution in [2.75, 3.05) is 24.2 Å². The summed E-state index contributed by atoms with van der Waals surface area (Å²) in [7, 11) is -6.96. The molecule has 0 bridgehead atoms. The summed E-state index contributed by atoms with van der Waals surface area (Å²) in [6, 6.07) is 5.92. The first-order valence-electron chi connectivity index (χ1n) is 17.1. The SMILES string of the molecule is C=CCOC(=O)C[C@H](C[C@H](/C=C/c1c(-c2ccc(F)cc2)nc(N(C)S(C)(=O)=O)nc1C(C)C)O[Si](C)(C)C(C)(C)C)O[Si](C)(C)C(C)(C)C. The lowest BCUT2D eigenvalue weighted by atomic mass is 9.97. The van der Waals surface area contributed by atoms with E-state index in [0.29, 0.717) is 28.9 Å². The van der Waals surface area contributed by atoms with E-state index in [0.717, 1.165) is 10.6 Å². The standard InChI is InChI=1S/C37H60FN3O6SSi2/c1-16-23-45-32(42)25-30(47-50(14,15)37(7,8)9)24-29(46-49(12,13)36(4,5)6)21-22-31-33(26(2)3)39-35(41(10)48(11,43)44)40-34(31)27-17-19-28(38)20-18-27/h16-22,26,29-30H,1,23-25H2,2-15H3/b22-21+/t29-,30-/m0/s1. The van der Waals surface area contributed by atoms with E-state index in [1.807, 2.05) is 26.0 Å². The maximum absolute atomic E-state index is 14.1. The third kappa shape index (κ3) is 11.9. The number of benzene rings is 1. The average Bonchev–Trinajstić information content (AvgIpc) is 2.96. The van der Waals surface area contributed by atoms with E-state index in [9.17, 15) is 17.6 Å². The molecule has 50 heavy (non-hydrogen) atoms. The number of esters is 1. The molecule has 280 valence electrons. The fourth-order valence-electron chi connectivity index (χ4n) is 4.54. The molecule has 0 aliphatic rings. The predicted molar refractivity (Wildman–Crippen MR) is 208 cm³/mol. The third-order valence-electron chi connectivity index (χ3n) is 9.66. The van der Waals surface area contributed by atoms with Crippen molar-refractivity contribution in [1.82, 2.24) is 9.97 Å². The number of hydrogen-bond donors (Lipinski definition) is 0. The minimum absolute atomic E-state index is 0.0163. The van der Waals surface area contributed by atoms with Crippen molar-refractivity contribution in [3.05, 3.63) is 60.1 Å². The molecule has 0 amide bonds. The number of aromatic nitrogens is 2. The maximum atomic E-state index is 14.1. The molecule has 0 saturated carbocycles. The van der Waals surface area contributed by atoms with Gasteiger partial charge < -0.3 is 13.6 Å². The van der Waals surface area contributed by atoms with Gasteiger partial charge in [-0.1, -0.05) is 80.2 Å². The highest BCUT2D eigenvalue weighted by Gasteiger charge is 2.42. The highest BCUT2D eigenvalue weighted by molar-refractivity contribution is 7.92. The highest BCUT2D eigenvalue weighted by atomic mass is 32.2. The zero-order valence-electron chi connectivity index (χ0n) is 32.7. The summed E-state index contributed by atoms with van der Waals surface area (Å²) < 4.78 is 59.5. The lowest BCUT2D eigenvalue weighted by molar-refractivity contribution is -0.144. The number of carbonyl (C=O) groups is 1. The van der Waals surface area contributed by atoms with Gasteiger partial charge in [0.25, 0.3) is 0 Å². The van der Waals surface area contributed by atoms with Gasteiger partial charge in [0, 0.05) is 24.6 Å². The normalized spacial score (nSPS) is 14.6. The van der Waals surface area contributed by atoms with Gasteiger partial charge in [0.15, 0.2) is 16.6 Å². The topological polar surface area (TPSA) is 108 Å². The van der Waals surface area contributed by atoms with Gasteiger partial charge in [0.1, 0.15) is 12.4 Å². The molecule has 2 aromatic rings. The molecule has 0 N–H and O–H groups in total. The van der Waals surface area contributed by atoms with Crippen LogP contribution in [0.15, 0.2) is 43.0 Å².